The molecule has 1 saturated heterocycles. The Morgan fingerprint density at radius 1 is 1.07 bits per heavy atom. The van der Waals surface area contributed by atoms with E-state index in [4.69, 9.17) is 4.74 Å². The van der Waals surface area contributed by atoms with Gasteiger partial charge in [0.15, 0.2) is 5.78 Å². The first kappa shape index (κ1) is 18.6. The molecular formula is C20H18INO4S. The predicted octanol–water partition coefficient (Wildman–Crippen LogP) is 3.46. The maximum Gasteiger partial charge on any atom is 0.265 e. The van der Waals surface area contributed by atoms with Crippen LogP contribution in [-0.2, 0) is 19.6 Å². The van der Waals surface area contributed by atoms with E-state index in [0.29, 0.717) is 5.69 Å². The van der Waals surface area contributed by atoms with Crippen LogP contribution >= 0.6 is 22.6 Å². The number of ketones is 1. The van der Waals surface area contributed by atoms with E-state index in [-0.39, 0.29) is 23.2 Å². The average molecular weight is 495 g/mol. The van der Waals surface area contributed by atoms with Crippen LogP contribution in [0.1, 0.15) is 12.0 Å². The number of aryl methyl sites for hydroxylation is 1. The molecule has 0 unspecified atom stereocenters. The van der Waals surface area contributed by atoms with Gasteiger partial charge in [0.2, 0.25) is 0 Å². The third kappa shape index (κ3) is 3.32. The second-order valence-corrected chi connectivity index (χ2v) is 9.68. The number of sulfonamides is 1. The number of carbonyl (C=O) groups excluding carboxylic acids is 1. The van der Waals surface area contributed by atoms with E-state index >= 15 is 0 Å². The Balaban J connectivity index is 1.89. The van der Waals surface area contributed by atoms with Crippen molar-refractivity contribution < 1.29 is 17.9 Å². The van der Waals surface area contributed by atoms with Gasteiger partial charge >= 0.3 is 0 Å². The third-order valence-corrected chi connectivity index (χ3v) is 7.53. The molecule has 140 valence electrons. The molecular weight excluding hydrogens is 477 g/mol. The highest BCUT2D eigenvalue weighted by Crippen LogP contribution is 2.36. The number of halogens is 1. The number of benzene rings is 2. The highest BCUT2D eigenvalue weighted by atomic mass is 127. The van der Waals surface area contributed by atoms with Gasteiger partial charge in [-0.25, -0.2) is 8.42 Å². The molecule has 1 fully saturated rings. The summed E-state index contributed by atoms with van der Waals surface area (Å²) in [5.74, 6) is -0.128. The summed E-state index contributed by atoms with van der Waals surface area (Å²) < 4.78 is 35.0. The van der Waals surface area contributed by atoms with E-state index < -0.39 is 22.2 Å². The molecule has 2 aromatic carbocycles. The molecule has 2 heterocycles. The highest BCUT2D eigenvalue weighted by Gasteiger charge is 2.47. The standard InChI is InChI=1S/C20H18INO4S/c1-13-6-9-15(10-7-13)27(24,25)22(17-5-3-2-4-16(17)21)20-18(23)12-14-8-11-19(20)26-14/h2-11,14,19-20H,12H2,1H3/t14-,19+,20+/m0/s1. The van der Waals surface area contributed by atoms with Gasteiger partial charge in [0.1, 0.15) is 12.1 Å². The van der Waals surface area contributed by atoms with Gasteiger partial charge in [0.05, 0.1) is 16.7 Å². The van der Waals surface area contributed by atoms with Crippen LogP contribution in [0.2, 0.25) is 0 Å². The Kier molecular flexibility index (Phi) is 4.85. The van der Waals surface area contributed by atoms with E-state index in [1.165, 1.54) is 4.31 Å². The zero-order chi connectivity index (χ0) is 19.2. The van der Waals surface area contributed by atoms with Crippen LogP contribution in [0.4, 0.5) is 5.69 Å². The fourth-order valence-electron chi connectivity index (χ4n) is 3.47. The molecule has 7 heteroatoms. The predicted molar refractivity (Wildman–Crippen MR) is 111 cm³/mol. The molecule has 0 aromatic heterocycles. The van der Waals surface area contributed by atoms with Crippen LogP contribution in [0.25, 0.3) is 0 Å². The van der Waals surface area contributed by atoms with E-state index in [1.807, 2.05) is 25.1 Å². The van der Waals surface area contributed by atoms with Crippen LogP contribution in [0.15, 0.2) is 65.6 Å². The average Bonchev–Trinajstić information content (AvgIpc) is 3.02. The lowest BCUT2D eigenvalue weighted by molar-refractivity contribution is -0.130. The number of para-hydroxylation sites is 1. The minimum atomic E-state index is -3.96. The second kappa shape index (κ2) is 7.03. The van der Waals surface area contributed by atoms with E-state index in [0.717, 1.165) is 9.13 Å². The molecule has 0 N–H and O–H groups in total. The number of nitrogens with zero attached hydrogens (tertiary/aromatic N) is 1. The Morgan fingerprint density at radius 2 is 1.78 bits per heavy atom. The third-order valence-electron chi connectivity index (χ3n) is 4.81. The number of hydrogen-bond acceptors (Lipinski definition) is 4. The van der Waals surface area contributed by atoms with Gasteiger partial charge in [0.25, 0.3) is 10.0 Å². The Labute approximate surface area is 172 Å². The molecule has 2 bridgehead atoms. The van der Waals surface area contributed by atoms with Crippen LogP contribution in [0, 0.1) is 10.5 Å². The number of anilines is 1. The summed E-state index contributed by atoms with van der Waals surface area (Å²) in [7, 11) is -3.96. The summed E-state index contributed by atoms with van der Waals surface area (Å²) in [5.41, 5.74) is 1.45. The van der Waals surface area contributed by atoms with Crippen molar-refractivity contribution in [2.75, 3.05) is 4.31 Å². The maximum atomic E-state index is 13.6. The van der Waals surface area contributed by atoms with Crippen molar-refractivity contribution in [3.8, 4) is 0 Å². The molecule has 3 atom stereocenters. The van der Waals surface area contributed by atoms with Crippen LogP contribution < -0.4 is 4.31 Å². The highest BCUT2D eigenvalue weighted by molar-refractivity contribution is 14.1. The molecule has 0 aliphatic carbocycles. The van der Waals surface area contributed by atoms with Crippen molar-refractivity contribution in [1.82, 2.24) is 0 Å². The summed E-state index contributed by atoms with van der Waals surface area (Å²) >= 11 is 2.10. The van der Waals surface area contributed by atoms with E-state index in [2.05, 4.69) is 22.6 Å². The Morgan fingerprint density at radius 3 is 2.48 bits per heavy atom. The molecule has 0 radical (unpaired) electrons. The first-order valence-electron chi connectivity index (χ1n) is 8.60. The van der Waals surface area contributed by atoms with Crippen LogP contribution in [0.5, 0.6) is 0 Å². The first-order valence-corrected chi connectivity index (χ1v) is 11.1. The van der Waals surface area contributed by atoms with Gasteiger partial charge in [-0.2, -0.15) is 0 Å². The molecule has 4 rings (SSSR count). The Bertz CT molecular complexity index is 1020. The molecule has 5 nitrogen and oxygen atoms in total. The van der Waals surface area contributed by atoms with Gasteiger partial charge < -0.3 is 4.74 Å². The van der Waals surface area contributed by atoms with Gasteiger partial charge in [-0.1, -0.05) is 42.0 Å². The van der Waals surface area contributed by atoms with E-state index in [1.54, 1.807) is 42.5 Å². The Hall–Kier alpha value is -1.71. The van der Waals surface area contributed by atoms with Crippen molar-refractivity contribution in [3.63, 3.8) is 0 Å². The molecule has 0 amide bonds. The molecule has 2 aliphatic heterocycles. The lowest BCUT2D eigenvalue weighted by Crippen LogP contribution is -2.55. The fraction of sp³-hybridized carbons (Fsp3) is 0.250. The molecule has 2 aliphatic rings. The van der Waals surface area contributed by atoms with Crippen molar-refractivity contribution in [3.05, 3.63) is 69.8 Å². The quantitative estimate of drug-likeness (QED) is 0.482. The smallest absolute Gasteiger partial charge is 0.265 e. The number of rotatable bonds is 4. The zero-order valence-electron chi connectivity index (χ0n) is 14.6. The van der Waals surface area contributed by atoms with E-state index in [9.17, 15) is 13.2 Å². The van der Waals surface area contributed by atoms with Gasteiger partial charge in [-0.05, 0) is 53.8 Å². The number of Topliss-reactive ketones (excluding diaryl/α,β-unsaturated/α-hetero) is 1. The summed E-state index contributed by atoms with van der Waals surface area (Å²) in [6.07, 6.45) is 2.99. The monoisotopic (exact) mass is 495 g/mol. The van der Waals surface area contributed by atoms with Gasteiger partial charge in [-0.15, -0.1) is 0 Å². The zero-order valence-corrected chi connectivity index (χ0v) is 17.6. The molecule has 27 heavy (non-hydrogen) atoms. The minimum absolute atomic E-state index is 0.128. The van der Waals surface area contributed by atoms with Gasteiger partial charge in [0, 0.05) is 9.99 Å². The topological polar surface area (TPSA) is 63.7 Å². The number of ether oxygens (including phenoxy) is 1. The van der Waals surface area contributed by atoms with Gasteiger partial charge in [-0.3, -0.25) is 9.10 Å². The largest absolute Gasteiger partial charge is 0.364 e. The van der Waals surface area contributed by atoms with Crippen molar-refractivity contribution in [1.29, 1.82) is 0 Å². The summed E-state index contributed by atoms with van der Waals surface area (Å²) in [5, 5.41) is 0. The second-order valence-electron chi connectivity index (χ2n) is 6.70. The molecule has 0 saturated carbocycles. The molecule has 0 spiro atoms. The fourth-order valence-corrected chi connectivity index (χ4v) is 5.94. The maximum absolute atomic E-state index is 13.6. The summed E-state index contributed by atoms with van der Waals surface area (Å²) in [4.78, 5) is 13.0. The minimum Gasteiger partial charge on any atom is -0.364 e. The summed E-state index contributed by atoms with van der Waals surface area (Å²) in [6.45, 7) is 1.90. The number of hydrogen-bond donors (Lipinski definition) is 0. The lowest BCUT2D eigenvalue weighted by Gasteiger charge is -2.38. The first-order chi connectivity index (χ1) is 12.9. The van der Waals surface area contributed by atoms with Crippen molar-refractivity contribution >= 4 is 44.1 Å². The van der Waals surface area contributed by atoms with Crippen molar-refractivity contribution in [2.45, 2.75) is 36.5 Å². The normalized spacial score (nSPS) is 24.2. The van der Waals surface area contributed by atoms with Crippen LogP contribution in [-0.4, -0.2) is 32.5 Å². The van der Waals surface area contributed by atoms with Crippen LogP contribution in [0.3, 0.4) is 0 Å². The van der Waals surface area contributed by atoms with Crippen molar-refractivity contribution in [2.24, 2.45) is 0 Å². The number of fused-ring (bicyclic) bond motifs is 2. The SMILES string of the molecule is Cc1ccc(S(=O)(=O)N(c2ccccc2I)[C@@H]2C(=O)C[C@@H]3C=C[C@H]2O3)cc1. The summed E-state index contributed by atoms with van der Waals surface area (Å²) in [6, 6.07) is 12.9. The number of carbonyl (C=O) groups is 1. The lowest BCUT2D eigenvalue weighted by atomic mass is 10.0. The molecule has 2 aromatic rings.